The first-order chi connectivity index (χ1) is 10.5. The molecule has 8 heteroatoms. The topological polar surface area (TPSA) is 97.2 Å². The molecule has 0 aliphatic heterocycles. The molecule has 2 heterocycles. The second kappa shape index (κ2) is 7.08. The zero-order chi connectivity index (χ0) is 16.1. The van der Waals surface area contributed by atoms with Gasteiger partial charge in [-0.1, -0.05) is 11.8 Å². The number of carbonyl (C=O) groups excluding carboxylic acids is 1. The largest absolute Gasteiger partial charge is 0.495 e. The van der Waals surface area contributed by atoms with E-state index in [-0.39, 0.29) is 17.5 Å². The van der Waals surface area contributed by atoms with E-state index >= 15 is 0 Å². The minimum absolute atomic E-state index is 0.127. The van der Waals surface area contributed by atoms with Gasteiger partial charge in [0.05, 0.1) is 25.0 Å². The number of nitrogens with one attached hydrogen (secondary N) is 1. The zero-order valence-corrected chi connectivity index (χ0v) is 13.2. The lowest BCUT2D eigenvalue weighted by Crippen LogP contribution is -2.28. The standard InChI is InChI=1S/C14H16N4O3S/c1-8(11-6-12(19)18-14(17-11)22-3)16-13(20)10-5-4-9(21-2)7-15-10/h4-8H,1-3H3,(H,16,20)(H,17,18,19)/t8-/m0/s1. The van der Waals surface area contributed by atoms with Crippen molar-refractivity contribution >= 4 is 17.7 Å². The minimum atomic E-state index is -0.392. The lowest BCUT2D eigenvalue weighted by atomic mass is 10.2. The van der Waals surface area contributed by atoms with Crippen molar-refractivity contribution < 1.29 is 14.6 Å². The number of carbonyl (C=O) groups is 1. The van der Waals surface area contributed by atoms with E-state index in [4.69, 9.17) is 4.74 Å². The Hall–Kier alpha value is -2.35. The molecule has 2 aromatic rings. The lowest BCUT2D eigenvalue weighted by Gasteiger charge is -2.14. The second-order valence-electron chi connectivity index (χ2n) is 4.42. The summed E-state index contributed by atoms with van der Waals surface area (Å²) in [5, 5.41) is 12.8. The molecule has 116 valence electrons. The summed E-state index contributed by atoms with van der Waals surface area (Å²) in [6.07, 6.45) is 3.28. The highest BCUT2D eigenvalue weighted by molar-refractivity contribution is 7.98. The Morgan fingerprint density at radius 3 is 2.77 bits per heavy atom. The monoisotopic (exact) mass is 320 g/mol. The van der Waals surface area contributed by atoms with Gasteiger partial charge >= 0.3 is 0 Å². The summed E-state index contributed by atoms with van der Waals surface area (Å²) in [4.78, 5) is 24.3. The van der Waals surface area contributed by atoms with Gasteiger partial charge in [0.15, 0.2) is 5.16 Å². The maximum atomic E-state index is 12.1. The maximum Gasteiger partial charge on any atom is 0.270 e. The Morgan fingerprint density at radius 1 is 1.41 bits per heavy atom. The molecule has 0 saturated heterocycles. The van der Waals surface area contributed by atoms with Gasteiger partial charge in [-0.15, -0.1) is 0 Å². The molecule has 0 unspecified atom stereocenters. The van der Waals surface area contributed by atoms with E-state index in [0.29, 0.717) is 16.6 Å². The third-order valence-corrected chi connectivity index (χ3v) is 3.44. The first kappa shape index (κ1) is 16.0. The number of ether oxygens (including phenoxy) is 1. The number of rotatable bonds is 5. The summed E-state index contributed by atoms with van der Waals surface area (Å²) in [5.74, 6) is 0.118. The van der Waals surface area contributed by atoms with E-state index in [1.165, 1.54) is 31.1 Å². The molecule has 22 heavy (non-hydrogen) atoms. The van der Waals surface area contributed by atoms with Crippen LogP contribution >= 0.6 is 11.8 Å². The molecule has 2 rings (SSSR count). The highest BCUT2D eigenvalue weighted by atomic mass is 32.2. The van der Waals surface area contributed by atoms with Crippen LogP contribution in [0.15, 0.2) is 29.6 Å². The van der Waals surface area contributed by atoms with Crippen LogP contribution in [-0.4, -0.2) is 39.3 Å². The SMILES string of the molecule is COc1ccc(C(=O)N[C@@H](C)c2cc(O)nc(SC)n2)nc1. The summed E-state index contributed by atoms with van der Waals surface area (Å²) < 4.78 is 5.00. The summed E-state index contributed by atoms with van der Waals surface area (Å²) in [6.45, 7) is 1.77. The quantitative estimate of drug-likeness (QED) is 0.640. The van der Waals surface area contributed by atoms with E-state index in [2.05, 4.69) is 20.3 Å². The molecular formula is C14H16N4O3S. The second-order valence-corrected chi connectivity index (χ2v) is 5.19. The summed E-state index contributed by atoms with van der Waals surface area (Å²) >= 11 is 1.31. The van der Waals surface area contributed by atoms with Crippen LogP contribution in [0.2, 0.25) is 0 Å². The number of hydrogen-bond donors (Lipinski definition) is 2. The Kier molecular flexibility index (Phi) is 5.16. The first-order valence-electron chi connectivity index (χ1n) is 6.46. The van der Waals surface area contributed by atoms with Crippen LogP contribution in [0.1, 0.15) is 29.1 Å². The number of aromatic hydroxyl groups is 1. The van der Waals surface area contributed by atoms with Crippen LogP contribution < -0.4 is 10.1 Å². The molecule has 0 aliphatic carbocycles. The van der Waals surface area contributed by atoms with E-state index in [0.717, 1.165) is 0 Å². The number of amides is 1. The molecule has 1 atom stereocenters. The molecule has 2 N–H and O–H groups in total. The lowest BCUT2D eigenvalue weighted by molar-refractivity contribution is 0.0933. The zero-order valence-electron chi connectivity index (χ0n) is 12.4. The van der Waals surface area contributed by atoms with Crippen LogP contribution in [0.3, 0.4) is 0 Å². The van der Waals surface area contributed by atoms with Gasteiger partial charge in [0.1, 0.15) is 11.4 Å². The summed E-state index contributed by atoms with van der Waals surface area (Å²) in [6, 6.07) is 4.27. The summed E-state index contributed by atoms with van der Waals surface area (Å²) in [7, 11) is 1.53. The van der Waals surface area contributed by atoms with Gasteiger partial charge < -0.3 is 15.2 Å². The third-order valence-electron chi connectivity index (χ3n) is 2.89. The number of nitrogens with zero attached hydrogens (tertiary/aromatic N) is 3. The highest BCUT2D eigenvalue weighted by Crippen LogP contribution is 2.19. The predicted octanol–water partition coefficient (Wildman–Crippen LogP) is 1.80. The fourth-order valence-corrected chi connectivity index (χ4v) is 2.10. The molecule has 0 radical (unpaired) electrons. The van der Waals surface area contributed by atoms with Crippen molar-refractivity contribution in [1.29, 1.82) is 0 Å². The Labute approximate surface area is 132 Å². The van der Waals surface area contributed by atoms with E-state index in [1.54, 1.807) is 19.1 Å². The van der Waals surface area contributed by atoms with Gasteiger partial charge in [-0.05, 0) is 25.3 Å². The van der Waals surface area contributed by atoms with Crippen LogP contribution in [0, 0.1) is 0 Å². The van der Waals surface area contributed by atoms with Crippen molar-refractivity contribution in [1.82, 2.24) is 20.3 Å². The first-order valence-corrected chi connectivity index (χ1v) is 7.68. The molecule has 7 nitrogen and oxygen atoms in total. The van der Waals surface area contributed by atoms with E-state index in [9.17, 15) is 9.90 Å². The fraction of sp³-hybridized carbons (Fsp3) is 0.286. The van der Waals surface area contributed by atoms with Crippen LogP contribution in [0.25, 0.3) is 0 Å². The molecule has 0 aromatic carbocycles. The smallest absolute Gasteiger partial charge is 0.270 e. The van der Waals surface area contributed by atoms with Gasteiger partial charge in [0, 0.05) is 6.07 Å². The number of thioether (sulfide) groups is 1. The highest BCUT2D eigenvalue weighted by Gasteiger charge is 2.15. The summed E-state index contributed by atoms with van der Waals surface area (Å²) in [5.41, 5.74) is 0.801. The third kappa shape index (κ3) is 3.85. The van der Waals surface area contributed by atoms with Crippen molar-refractivity contribution in [2.75, 3.05) is 13.4 Å². The average Bonchev–Trinajstić information content (AvgIpc) is 2.54. The van der Waals surface area contributed by atoms with Crippen molar-refractivity contribution in [2.45, 2.75) is 18.1 Å². The number of pyridine rings is 1. The molecule has 0 spiro atoms. The van der Waals surface area contributed by atoms with Gasteiger partial charge in [-0.2, -0.15) is 4.98 Å². The van der Waals surface area contributed by atoms with Crippen LogP contribution in [0.5, 0.6) is 11.6 Å². The molecular weight excluding hydrogens is 304 g/mol. The van der Waals surface area contributed by atoms with Crippen molar-refractivity contribution in [3.63, 3.8) is 0 Å². The molecule has 1 amide bonds. The van der Waals surface area contributed by atoms with Crippen molar-refractivity contribution in [3.05, 3.63) is 35.8 Å². The van der Waals surface area contributed by atoms with Crippen LogP contribution in [0.4, 0.5) is 0 Å². The fourth-order valence-electron chi connectivity index (χ4n) is 1.72. The molecule has 2 aromatic heterocycles. The van der Waals surface area contributed by atoms with Crippen molar-refractivity contribution in [3.8, 4) is 11.6 Å². The van der Waals surface area contributed by atoms with Crippen LogP contribution in [-0.2, 0) is 0 Å². The number of aromatic nitrogens is 3. The predicted molar refractivity (Wildman–Crippen MR) is 82.1 cm³/mol. The molecule has 0 aliphatic rings. The minimum Gasteiger partial charge on any atom is -0.495 e. The average molecular weight is 320 g/mol. The normalized spacial score (nSPS) is 11.8. The van der Waals surface area contributed by atoms with Gasteiger partial charge in [0.2, 0.25) is 5.88 Å². The van der Waals surface area contributed by atoms with Crippen molar-refractivity contribution in [2.24, 2.45) is 0 Å². The molecule has 0 saturated carbocycles. The molecule has 0 fully saturated rings. The Morgan fingerprint density at radius 2 is 2.18 bits per heavy atom. The number of methoxy groups -OCH3 is 1. The van der Waals surface area contributed by atoms with Gasteiger partial charge in [-0.3, -0.25) is 4.79 Å². The molecule has 0 bridgehead atoms. The van der Waals surface area contributed by atoms with Gasteiger partial charge in [-0.25, -0.2) is 9.97 Å². The number of hydrogen-bond acceptors (Lipinski definition) is 7. The Bertz CT molecular complexity index is 664. The maximum absolute atomic E-state index is 12.1. The van der Waals surface area contributed by atoms with E-state index in [1.807, 2.05) is 6.26 Å². The van der Waals surface area contributed by atoms with Gasteiger partial charge in [0.25, 0.3) is 5.91 Å². The Balaban J connectivity index is 2.11. The van der Waals surface area contributed by atoms with E-state index < -0.39 is 6.04 Å².